The van der Waals surface area contributed by atoms with Crippen LogP contribution in [0.4, 0.5) is 0 Å². The van der Waals surface area contributed by atoms with Crippen molar-refractivity contribution in [3.05, 3.63) is 0 Å². The monoisotopic (exact) mass is 228 g/mol. The Labute approximate surface area is 98.1 Å². The van der Waals surface area contributed by atoms with Crippen molar-refractivity contribution in [2.75, 3.05) is 20.3 Å². The Hall–Kier alpha value is -0.610. The summed E-state index contributed by atoms with van der Waals surface area (Å²) in [5.74, 6) is 0.0837. The van der Waals surface area contributed by atoms with E-state index in [-0.39, 0.29) is 11.9 Å². The van der Waals surface area contributed by atoms with Crippen molar-refractivity contribution in [3.8, 4) is 0 Å². The Kier molecular flexibility index (Phi) is 5.77. The number of carbonyl (C=O) groups excluding carboxylic acids is 1. The highest BCUT2D eigenvalue weighted by Gasteiger charge is 2.25. The molecular weight excluding hydrogens is 204 g/mol. The van der Waals surface area contributed by atoms with Crippen LogP contribution >= 0.6 is 0 Å². The van der Waals surface area contributed by atoms with Crippen LogP contribution in [0, 0.1) is 0 Å². The molecule has 1 fully saturated rings. The van der Waals surface area contributed by atoms with E-state index < -0.39 is 0 Å². The third-order valence-corrected chi connectivity index (χ3v) is 3.27. The van der Waals surface area contributed by atoms with Crippen molar-refractivity contribution in [2.45, 2.75) is 51.1 Å². The predicted molar refractivity (Wildman–Crippen MR) is 64.1 cm³/mol. The van der Waals surface area contributed by atoms with E-state index in [4.69, 9.17) is 10.5 Å². The Balaban J connectivity index is 2.38. The predicted octanol–water partition coefficient (Wildman–Crippen LogP) is 1.14. The van der Waals surface area contributed by atoms with Gasteiger partial charge >= 0.3 is 0 Å². The van der Waals surface area contributed by atoms with Crippen molar-refractivity contribution < 1.29 is 9.53 Å². The van der Waals surface area contributed by atoms with E-state index >= 15 is 0 Å². The van der Waals surface area contributed by atoms with Crippen LogP contribution in [0.3, 0.4) is 0 Å². The summed E-state index contributed by atoms with van der Waals surface area (Å²) in [6, 6.07) is -0.0123. The first kappa shape index (κ1) is 13.5. The molecule has 0 bridgehead atoms. The van der Waals surface area contributed by atoms with Crippen LogP contribution < -0.4 is 5.73 Å². The molecule has 0 aromatic rings. The van der Waals surface area contributed by atoms with Gasteiger partial charge in [0, 0.05) is 26.3 Å². The number of ether oxygens (including phenoxy) is 1. The van der Waals surface area contributed by atoms with Crippen LogP contribution in [-0.2, 0) is 9.53 Å². The lowest BCUT2D eigenvalue weighted by atomic mass is 10.0. The molecule has 16 heavy (non-hydrogen) atoms. The number of amides is 1. The molecule has 0 spiro atoms. The summed E-state index contributed by atoms with van der Waals surface area (Å²) in [5, 5.41) is 0. The third-order valence-electron chi connectivity index (χ3n) is 3.27. The molecule has 1 heterocycles. The van der Waals surface area contributed by atoms with E-state index in [1.54, 1.807) is 0 Å². The molecule has 1 rings (SSSR count). The van der Waals surface area contributed by atoms with E-state index in [1.807, 2.05) is 11.9 Å². The molecule has 0 saturated carbocycles. The number of hydrogen-bond donors (Lipinski definition) is 1. The van der Waals surface area contributed by atoms with Gasteiger partial charge in [-0.2, -0.15) is 0 Å². The lowest BCUT2D eigenvalue weighted by Crippen LogP contribution is -2.48. The lowest BCUT2D eigenvalue weighted by molar-refractivity contribution is -0.135. The maximum atomic E-state index is 12.0. The van der Waals surface area contributed by atoms with Crippen molar-refractivity contribution in [1.29, 1.82) is 0 Å². The normalized spacial score (nSPS) is 19.4. The largest absolute Gasteiger partial charge is 0.381 e. The van der Waals surface area contributed by atoms with Crippen LogP contribution in [0.5, 0.6) is 0 Å². The highest BCUT2D eigenvalue weighted by atomic mass is 16.5. The third kappa shape index (κ3) is 3.76. The molecule has 0 aromatic heterocycles. The number of nitrogens with two attached hydrogens (primary N) is 1. The van der Waals surface area contributed by atoms with Crippen molar-refractivity contribution >= 4 is 5.91 Å². The van der Waals surface area contributed by atoms with Gasteiger partial charge in [0.1, 0.15) is 0 Å². The maximum Gasteiger partial charge on any atom is 0.239 e. The first-order chi connectivity index (χ1) is 7.66. The molecule has 1 aliphatic heterocycles. The van der Waals surface area contributed by atoms with E-state index in [1.165, 1.54) is 0 Å². The molecule has 0 aromatic carbocycles. The minimum Gasteiger partial charge on any atom is -0.381 e. The first-order valence-electron chi connectivity index (χ1n) is 6.26. The van der Waals surface area contributed by atoms with Gasteiger partial charge in [-0.15, -0.1) is 0 Å². The fourth-order valence-electron chi connectivity index (χ4n) is 2.06. The van der Waals surface area contributed by atoms with E-state index in [0.29, 0.717) is 6.04 Å². The quantitative estimate of drug-likeness (QED) is 0.767. The summed E-state index contributed by atoms with van der Waals surface area (Å²) < 4.78 is 5.29. The summed E-state index contributed by atoms with van der Waals surface area (Å²) in [6.07, 6.45) is 4.77. The lowest BCUT2D eigenvalue weighted by Gasteiger charge is -2.32. The van der Waals surface area contributed by atoms with Crippen LogP contribution in [-0.4, -0.2) is 43.2 Å². The second-order valence-corrected chi connectivity index (χ2v) is 4.54. The number of nitrogens with zero attached hydrogens (tertiary/aromatic N) is 1. The minimum absolute atomic E-state index is 0.0837. The Morgan fingerprint density at radius 2 is 2.12 bits per heavy atom. The van der Waals surface area contributed by atoms with E-state index in [2.05, 4.69) is 6.92 Å². The summed E-state index contributed by atoms with van der Waals surface area (Å²) in [5.41, 5.74) is 5.89. The Bertz CT molecular complexity index is 215. The molecular formula is C12H24N2O2. The molecule has 1 amide bonds. The highest BCUT2D eigenvalue weighted by Crippen LogP contribution is 2.14. The SMILES string of the molecule is CCCCC(N)C(=O)N(C)C1CCOCC1. The number of hydrogen-bond acceptors (Lipinski definition) is 3. The highest BCUT2D eigenvalue weighted by molar-refractivity contribution is 5.81. The molecule has 1 aliphatic rings. The van der Waals surface area contributed by atoms with Gasteiger partial charge in [0.05, 0.1) is 6.04 Å². The fraction of sp³-hybridized carbons (Fsp3) is 0.917. The van der Waals surface area contributed by atoms with Crippen LogP contribution in [0.25, 0.3) is 0 Å². The van der Waals surface area contributed by atoms with Crippen LogP contribution in [0.1, 0.15) is 39.0 Å². The molecule has 1 saturated heterocycles. The van der Waals surface area contributed by atoms with Crippen molar-refractivity contribution in [1.82, 2.24) is 4.90 Å². The average Bonchev–Trinajstić information content (AvgIpc) is 2.35. The number of unbranched alkanes of at least 4 members (excludes halogenated alkanes) is 1. The first-order valence-corrected chi connectivity index (χ1v) is 6.26. The zero-order valence-corrected chi connectivity index (χ0v) is 10.4. The van der Waals surface area contributed by atoms with Crippen LogP contribution in [0.15, 0.2) is 0 Å². The average molecular weight is 228 g/mol. The minimum atomic E-state index is -0.326. The smallest absolute Gasteiger partial charge is 0.239 e. The topological polar surface area (TPSA) is 55.6 Å². The molecule has 2 N–H and O–H groups in total. The standard InChI is InChI=1S/C12H24N2O2/c1-3-4-5-11(13)12(15)14(2)10-6-8-16-9-7-10/h10-11H,3-9,13H2,1-2H3. The number of rotatable bonds is 5. The van der Waals surface area contributed by atoms with E-state index in [0.717, 1.165) is 45.3 Å². The molecule has 0 aliphatic carbocycles. The Morgan fingerprint density at radius 3 is 2.69 bits per heavy atom. The second-order valence-electron chi connectivity index (χ2n) is 4.54. The molecule has 4 heteroatoms. The number of likely N-dealkylation sites (N-methyl/N-ethyl adjacent to an activating group) is 1. The molecule has 1 unspecified atom stereocenters. The molecule has 4 nitrogen and oxygen atoms in total. The van der Waals surface area contributed by atoms with Gasteiger partial charge in [0.2, 0.25) is 5.91 Å². The van der Waals surface area contributed by atoms with Gasteiger partial charge in [-0.3, -0.25) is 4.79 Å². The molecule has 0 radical (unpaired) electrons. The zero-order valence-electron chi connectivity index (χ0n) is 10.4. The maximum absolute atomic E-state index is 12.0. The van der Waals surface area contributed by atoms with Gasteiger partial charge in [-0.1, -0.05) is 19.8 Å². The summed E-state index contributed by atoms with van der Waals surface area (Å²) in [4.78, 5) is 13.8. The summed E-state index contributed by atoms with van der Waals surface area (Å²) >= 11 is 0. The van der Waals surface area contributed by atoms with Gasteiger partial charge in [0.15, 0.2) is 0 Å². The number of carbonyl (C=O) groups is 1. The van der Waals surface area contributed by atoms with Gasteiger partial charge in [0.25, 0.3) is 0 Å². The molecule has 94 valence electrons. The van der Waals surface area contributed by atoms with Gasteiger partial charge in [-0.25, -0.2) is 0 Å². The van der Waals surface area contributed by atoms with Crippen molar-refractivity contribution in [2.24, 2.45) is 5.73 Å². The molecule has 1 atom stereocenters. The van der Waals surface area contributed by atoms with E-state index in [9.17, 15) is 4.79 Å². The van der Waals surface area contributed by atoms with Gasteiger partial charge < -0.3 is 15.4 Å². The van der Waals surface area contributed by atoms with Crippen molar-refractivity contribution in [3.63, 3.8) is 0 Å². The second kappa shape index (κ2) is 6.86. The fourth-order valence-corrected chi connectivity index (χ4v) is 2.06. The summed E-state index contributed by atoms with van der Waals surface area (Å²) in [7, 11) is 1.87. The summed E-state index contributed by atoms with van der Waals surface area (Å²) in [6.45, 7) is 3.62. The van der Waals surface area contributed by atoms with Gasteiger partial charge in [-0.05, 0) is 19.3 Å². The van der Waals surface area contributed by atoms with Crippen LogP contribution in [0.2, 0.25) is 0 Å². The Morgan fingerprint density at radius 1 is 1.50 bits per heavy atom. The zero-order chi connectivity index (χ0) is 12.0.